The number of hydrogen-bond acceptors (Lipinski definition) is 3. The van der Waals surface area contributed by atoms with Gasteiger partial charge in [-0.1, -0.05) is 29.8 Å². The zero-order chi connectivity index (χ0) is 15.2. The Hall–Kier alpha value is -1.19. The van der Waals surface area contributed by atoms with Crippen LogP contribution in [0.1, 0.15) is 49.7 Å². The smallest absolute Gasteiger partial charge is 0.157 e. The standard InChI is InChI=1S/C18H26O3/c1-4-21-18(20-3)12-16-15(6-5-7-17(16)19)14-10-8-13(2)9-11-14/h8-11,15-16,18H,4-7,12H2,1-3H3. The highest BCUT2D eigenvalue weighted by Crippen LogP contribution is 2.38. The van der Waals surface area contributed by atoms with Crippen LogP contribution in [0.15, 0.2) is 24.3 Å². The van der Waals surface area contributed by atoms with Crippen molar-refractivity contribution in [1.29, 1.82) is 0 Å². The van der Waals surface area contributed by atoms with Gasteiger partial charge in [-0.15, -0.1) is 0 Å². The first-order valence-electron chi connectivity index (χ1n) is 7.89. The van der Waals surface area contributed by atoms with E-state index in [2.05, 4.69) is 31.2 Å². The van der Waals surface area contributed by atoms with Crippen molar-refractivity contribution in [2.24, 2.45) is 5.92 Å². The third kappa shape index (κ3) is 4.14. The first-order chi connectivity index (χ1) is 10.2. The summed E-state index contributed by atoms with van der Waals surface area (Å²) >= 11 is 0. The zero-order valence-electron chi connectivity index (χ0n) is 13.3. The van der Waals surface area contributed by atoms with Gasteiger partial charge in [-0.25, -0.2) is 0 Å². The monoisotopic (exact) mass is 290 g/mol. The fourth-order valence-electron chi connectivity index (χ4n) is 3.24. The van der Waals surface area contributed by atoms with Gasteiger partial charge in [-0.05, 0) is 38.2 Å². The lowest BCUT2D eigenvalue weighted by molar-refractivity contribution is -0.145. The van der Waals surface area contributed by atoms with Crippen LogP contribution in [0.25, 0.3) is 0 Å². The molecular formula is C18H26O3. The van der Waals surface area contributed by atoms with Crippen LogP contribution in [0.3, 0.4) is 0 Å². The summed E-state index contributed by atoms with van der Waals surface area (Å²) in [7, 11) is 1.65. The van der Waals surface area contributed by atoms with Crippen LogP contribution in [0.4, 0.5) is 0 Å². The molecule has 1 aliphatic carbocycles. The van der Waals surface area contributed by atoms with Crippen LogP contribution in [0, 0.1) is 12.8 Å². The van der Waals surface area contributed by atoms with E-state index < -0.39 is 0 Å². The average Bonchev–Trinajstić information content (AvgIpc) is 2.49. The SMILES string of the molecule is CCOC(CC1C(=O)CCCC1c1ccc(C)cc1)OC. The van der Waals surface area contributed by atoms with Crippen molar-refractivity contribution in [3.8, 4) is 0 Å². The molecule has 0 heterocycles. The number of hydrogen-bond donors (Lipinski definition) is 0. The maximum absolute atomic E-state index is 12.4. The van der Waals surface area contributed by atoms with Crippen LogP contribution >= 0.6 is 0 Å². The maximum atomic E-state index is 12.4. The number of benzene rings is 1. The van der Waals surface area contributed by atoms with Gasteiger partial charge >= 0.3 is 0 Å². The molecule has 0 N–H and O–H groups in total. The van der Waals surface area contributed by atoms with Crippen LogP contribution in [0.2, 0.25) is 0 Å². The highest BCUT2D eigenvalue weighted by molar-refractivity contribution is 5.82. The van der Waals surface area contributed by atoms with E-state index in [9.17, 15) is 4.79 Å². The van der Waals surface area contributed by atoms with E-state index in [-0.39, 0.29) is 12.2 Å². The summed E-state index contributed by atoms with van der Waals surface area (Å²) in [6.45, 7) is 4.64. The first kappa shape index (κ1) is 16.2. The van der Waals surface area contributed by atoms with E-state index >= 15 is 0 Å². The summed E-state index contributed by atoms with van der Waals surface area (Å²) in [6, 6.07) is 8.58. The molecule has 3 heteroatoms. The molecule has 1 aromatic carbocycles. The van der Waals surface area contributed by atoms with Gasteiger partial charge in [-0.3, -0.25) is 4.79 Å². The van der Waals surface area contributed by atoms with Crippen molar-refractivity contribution in [3.05, 3.63) is 35.4 Å². The summed E-state index contributed by atoms with van der Waals surface area (Å²) in [4.78, 5) is 12.4. The molecule has 3 atom stereocenters. The van der Waals surface area contributed by atoms with Gasteiger partial charge in [0.1, 0.15) is 5.78 Å². The molecule has 3 unspecified atom stereocenters. The Morgan fingerprint density at radius 1 is 1.29 bits per heavy atom. The average molecular weight is 290 g/mol. The number of carbonyl (C=O) groups is 1. The minimum atomic E-state index is -0.282. The molecule has 21 heavy (non-hydrogen) atoms. The van der Waals surface area contributed by atoms with Crippen LogP contribution in [-0.2, 0) is 14.3 Å². The fraction of sp³-hybridized carbons (Fsp3) is 0.611. The summed E-state index contributed by atoms with van der Waals surface area (Å²) in [5, 5.41) is 0. The van der Waals surface area contributed by atoms with Crippen molar-refractivity contribution in [1.82, 2.24) is 0 Å². The Labute approximate surface area is 127 Å². The third-order valence-electron chi connectivity index (χ3n) is 4.40. The number of ether oxygens (including phenoxy) is 2. The predicted molar refractivity (Wildman–Crippen MR) is 83.3 cm³/mol. The van der Waals surface area contributed by atoms with Crippen molar-refractivity contribution in [2.75, 3.05) is 13.7 Å². The predicted octanol–water partition coefficient (Wildman–Crippen LogP) is 3.85. The molecule has 1 aromatic rings. The molecule has 0 radical (unpaired) electrons. The Bertz CT molecular complexity index is 452. The van der Waals surface area contributed by atoms with Gasteiger partial charge in [0.2, 0.25) is 0 Å². The lowest BCUT2D eigenvalue weighted by Gasteiger charge is -2.32. The lowest BCUT2D eigenvalue weighted by atomic mass is 9.73. The van der Waals surface area contributed by atoms with Crippen molar-refractivity contribution >= 4 is 5.78 Å². The van der Waals surface area contributed by atoms with Crippen molar-refractivity contribution in [3.63, 3.8) is 0 Å². The van der Waals surface area contributed by atoms with E-state index in [0.717, 1.165) is 12.8 Å². The molecule has 0 saturated heterocycles. The Morgan fingerprint density at radius 2 is 2.00 bits per heavy atom. The quantitative estimate of drug-likeness (QED) is 0.747. The summed E-state index contributed by atoms with van der Waals surface area (Å²) in [6.07, 6.45) is 3.12. The topological polar surface area (TPSA) is 35.5 Å². The van der Waals surface area contributed by atoms with Gasteiger partial charge in [0.05, 0.1) is 0 Å². The first-order valence-corrected chi connectivity index (χ1v) is 7.89. The van der Waals surface area contributed by atoms with E-state index in [1.807, 2.05) is 6.92 Å². The number of rotatable bonds is 6. The van der Waals surface area contributed by atoms with E-state index in [0.29, 0.717) is 31.1 Å². The maximum Gasteiger partial charge on any atom is 0.157 e. The van der Waals surface area contributed by atoms with E-state index in [1.54, 1.807) is 7.11 Å². The highest BCUT2D eigenvalue weighted by Gasteiger charge is 2.34. The molecule has 3 nitrogen and oxygen atoms in total. The molecule has 0 bridgehead atoms. The highest BCUT2D eigenvalue weighted by atomic mass is 16.7. The van der Waals surface area contributed by atoms with E-state index in [1.165, 1.54) is 11.1 Å². The minimum Gasteiger partial charge on any atom is -0.356 e. The minimum absolute atomic E-state index is 0.0120. The largest absolute Gasteiger partial charge is 0.356 e. The Morgan fingerprint density at radius 3 is 2.62 bits per heavy atom. The molecule has 0 spiro atoms. The van der Waals surface area contributed by atoms with Gasteiger partial charge in [0, 0.05) is 32.5 Å². The summed E-state index contributed by atoms with van der Waals surface area (Å²) in [5.41, 5.74) is 2.52. The third-order valence-corrected chi connectivity index (χ3v) is 4.40. The van der Waals surface area contributed by atoms with Gasteiger partial charge in [-0.2, -0.15) is 0 Å². The fourth-order valence-corrected chi connectivity index (χ4v) is 3.24. The molecule has 1 saturated carbocycles. The number of Topliss-reactive ketones (excluding diaryl/α,β-unsaturated/α-hetero) is 1. The molecule has 2 rings (SSSR count). The van der Waals surface area contributed by atoms with E-state index in [4.69, 9.17) is 9.47 Å². The van der Waals surface area contributed by atoms with Crippen LogP contribution < -0.4 is 0 Å². The normalized spacial score (nSPS) is 24.0. The summed E-state index contributed by atoms with van der Waals surface area (Å²) in [5.74, 6) is 0.663. The number of aryl methyl sites for hydroxylation is 1. The zero-order valence-corrected chi connectivity index (χ0v) is 13.3. The lowest BCUT2D eigenvalue weighted by Crippen LogP contribution is -2.32. The van der Waals surface area contributed by atoms with Crippen molar-refractivity contribution < 1.29 is 14.3 Å². The number of carbonyl (C=O) groups excluding carboxylic acids is 1. The summed E-state index contributed by atoms with van der Waals surface area (Å²) < 4.78 is 10.9. The number of ketones is 1. The molecule has 1 aliphatic rings. The molecule has 0 aliphatic heterocycles. The van der Waals surface area contributed by atoms with Gasteiger partial charge in [0.25, 0.3) is 0 Å². The molecule has 1 fully saturated rings. The molecule has 0 amide bonds. The molecule has 0 aromatic heterocycles. The van der Waals surface area contributed by atoms with Crippen LogP contribution in [-0.4, -0.2) is 25.8 Å². The van der Waals surface area contributed by atoms with Crippen molar-refractivity contribution in [2.45, 2.75) is 51.7 Å². The second-order valence-electron chi connectivity index (χ2n) is 5.84. The molecular weight excluding hydrogens is 264 g/mol. The number of methoxy groups -OCH3 is 1. The Balaban J connectivity index is 2.16. The molecule has 116 valence electrons. The Kier molecular flexibility index (Phi) is 5.95. The second kappa shape index (κ2) is 7.71. The second-order valence-corrected chi connectivity index (χ2v) is 5.84. The van der Waals surface area contributed by atoms with Gasteiger partial charge in [0.15, 0.2) is 6.29 Å². The van der Waals surface area contributed by atoms with Crippen LogP contribution in [0.5, 0.6) is 0 Å². The van der Waals surface area contributed by atoms with Gasteiger partial charge < -0.3 is 9.47 Å².